The van der Waals surface area contributed by atoms with E-state index in [2.05, 4.69) is 4.99 Å². The molecule has 0 aromatic rings. The van der Waals surface area contributed by atoms with Crippen LogP contribution in [-0.4, -0.2) is 41.9 Å². The third-order valence-electron chi connectivity index (χ3n) is 1.52. The highest BCUT2D eigenvalue weighted by Crippen LogP contribution is 2.07. The zero-order valence-electron chi connectivity index (χ0n) is 6.98. The SMILES string of the molecule is CCOC(=O)C1C(=S)N=CN1C. The van der Waals surface area contributed by atoms with Crippen molar-refractivity contribution in [3.63, 3.8) is 0 Å². The largest absolute Gasteiger partial charge is 0.464 e. The monoisotopic (exact) mass is 186 g/mol. The van der Waals surface area contributed by atoms with Gasteiger partial charge in [0.15, 0.2) is 6.04 Å². The predicted octanol–water partition coefficient (Wildman–Crippen LogP) is 0.219. The number of ether oxygens (including phenoxy) is 1. The molecule has 0 aromatic carbocycles. The van der Waals surface area contributed by atoms with Crippen LogP contribution in [0.2, 0.25) is 0 Å². The van der Waals surface area contributed by atoms with Gasteiger partial charge in [0.25, 0.3) is 0 Å². The van der Waals surface area contributed by atoms with Crippen LogP contribution in [0.4, 0.5) is 0 Å². The van der Waals surface area contributed by atoms with Crippen molar-refractivity contribution in [3.8, 4) is 0 Å². The summed E-state index contributed by atoms with van der Waals surface area (Å²) in [6.07, 6.45) is 1.53. The van der Waals surface area contributed by atoms with Crippen molar-refractivity contribution in [1.29, 1.82) is 0 Å². The average molecular weight is 186 g/mol. The lowest BCUT2D eigenvalue weighted by molar-refractivity contribution is -0.145. The number of hydrogen-bond acceptors (Lipinski definition) is 4. The van der Waals surface area contributed by atoms with Crippen LogP contribution in [0, 0.1) is 0 Å². The van der Waals surface area contributed by atoms with Crippen molar-refractivity contribution in [2.75, 3.05) is 13.7 Å². The summed E-state index contributed by atoms with van der Waals surface area (Å²) in [5, 5.41) is 0. The Morgan fingerprint density at radius 1 is 1.92 bits per heavy atom. The van der Waals surface area contributed by atoms with Crippen molar-refractivity contribution in [2.24, 2.45) is 4.99 Å². The molecule has 0 aliphatic carbocycles. The minimum atomic E-state index is -0.500. The Morgan fingerprint density at radius 3 is 3.00 bits per heavy atom. The molecule has 1 heterocycles. The minimum Gasteiger partial charge on any atom is -0.464 e. The molecule has 0 amide bonds. The molecule has 0 saturated heterocycles. The van der Waals surface area contributed by atoms with Crippen LogP contribution >= 0.6 is 12.2 Å². The first-order valence-corrected chi connectivity index (χ1v) is 4.04. The molecule has 0 aromatic heterocycles. The highest BCUT2D eigenvalue weighted by Gasteiger charge is 2.31. The van der Waals surface area contributed by atoms with Gasteiger partial charge in [-0.15, -0.1) is 0 Å². The summed E-state index contributed by atoms with van der Waals surface area (Å²) in [6.45, 7) is 2.13. The molecule has 0 bridgehead atoms. The van der Waals surface area contributed by atoms with Gasteiger partial charge in [-0.05, 0) is 6.92 Å². The Labute approximate surface area is 76.2 Å². The Kier molecular flexibility index (Phi) is 2.75. The van der Waals surface area contributed by atoms with E-state index in [1.54, 1.807) is 18.9 Å². The highest BCUT2D eigenvalue weighted by atomic mass is 32.1. The number of aliphatic imine (C=N–C) groups is 1. The molecule has 5 heteroatoms. The summed E-state index contributed by atoms with van der Waals surface area (Å²) >= 11 is 4.87. The van der Waals surface area contributed by atoms with Crippen LogP contribution in [-0.2, 0) is 9.53 Å². The number of carbonyl (C=O) groups is 1. The topological polar surface area (TPSA) is 41.9 Å². The summed E-state index contributed by atoms with van der Waals surface area (Å²) in [6, 6.07) is -0.500. The molecule has 1 atom stereocenters. The third kappa shape index (κ3) is 1.61. The van der Waals surface area contributed by atoms with E-state index in [1.807, 2.05) is 0 Å². The third-order valence-corrected chi connectivity index (χ3v) is 1.85. The zero-order chi connectivity index (χ0) is 9.14. The van der Waals surface area contributed by atoms with Gasteiger partial charge >= 0.3 is 5.97 Å². The van der Waals surface area contributed by atoms with Crippen LogP contribution in [0.15, 0.2) is 4.99 Å². The van der Waals surface area contributed by atoms with Crippen LogP contribution in [0.25, 0.3) is 0 Å². The first-order chi connectivity index (χ1) is 5.66. The normalized spacial score (nSPS) is 21.7. The van der Waals surface area contributed by atoms with Gasteiger partial charge in [-0.3, -0.25) is 0 Å². The zero-order valence-corrected chi connectivity index (χ0v) is 7.80. The fourth-order valence-corrected chi connectivity index (χ4v) is 1.26. The maximum Gasteiger partial charge on any atom is 0.336 e. The second-order valence-corrected chi connectivity index (χ2v) is 2.82. The van der Waals surface area contributed by atoms with Crippen LogP contribution in [0.3, 0.4) is 0 Å². The molecule has 1 unspecified atom stereocenters. The highest BCUT2D eigenvalue weighted by molar-refractivity contribution is 7.80. The molecule has 0 fully saturated rings. The fourth-order valence-electron chi connectivity index (χ4n) is 0.948. The van der Waals surface area contributed by atoms with Gasteiger partial charge in [-0.2, -0.15) is 0 Å². The number of esters is 1. The van der Waals surface area contributed by atoms with Crippen LogP contribution in [0.1, 0.15) is 6.92 Å². The molecule has 0 saturated carbocycles. The number of thiocarbonyl (C=S) groups is 1. The second-order valence-electron chi connectivity index (χ2n) is 2.40. The molecule has 1 rings (SSSR count). The molecule has 0 radical (unpaired) electrons. The number of likely N-dealkylation sites (N-methyl/N-ethyl adjacent to an activating group) is 1. The standard InChI is InChI=1S/C7H10N2O2S/c1-3-11-7(10)5-6(12)8-4-9(5)2/h4-5H,3H2,1-2H3. The van der Waals surface area contributed by atoms with Gasteiger partial charge in [0.05, 0.1) is 12.9 Å². The summed E-state index contributed by atoms with van der Waals surface area (Å²) in [4.78, 5) is 17.1. The van der Waals surface area contributed by atoms with Gasteiger partial charge in [0.1, 0.15) is 4.99 Å². The van der Waals surface area contributed by atoms with Crippen LogP contribution in [0.5, 0.6) is 0 Å². The predicted molar refractivity (Wildman–Crippen MR) is 49.3 cm³/mol. The van der Waals surface area contributed by atoms with Crippen molar-refractivity contribution < 1.29 is 9.53 Å². The van der Waals surface area contributed by atoms with E-state index < -0.39 is 6.04 Å². The fraction of sp³-hybridized carbons (Fsp3) is 0.571. The molecule has 12 heavy (non-hydrogen) atoms. The van der Waals surface area contributed by atoms with Crippen molar-refractivity contribution in [2.45, 2.75) is 13.0 Å². The van der Waals surface area contributed by atoms with E-state index in [0.717, 1.165) is 0 Å². The van der Waals surface area contributed by atoms with Crippen LogP contribution < -0.4 is 0 Å². The van der Waals surface area contributed by atoms with Gasteiger partial charge in [-0.1, -0.05) is 12.2 Å². The lowest BCUT2D eigenvalue weighted by Crippen LogP contribution is -2.39. The summed E-state index contributed by atoms with van der Waals surface area (Å²) in [5.74, 6) is -0.331. The van der Waals surface area contributed by atoms with E-state index in [1.165, 1.54) is 6.34 Å². The van der Waals surface area contributed by atoms with E-state index in [4.69, 9.17) is 17.0 Å². The van der Waals surface area contributed by atoms with E-state index in [-0.39, 0.29) is 5.97 Å². The molecule has 1 aliphatic rings. The van der Waals surface area contributed by atoms with E-state index in [0.29, 0.717) is 11.6 Å². The number of carbonyl (C=O) groups excluding carboxylic acids is 1. The Bertz CT molecular complexity index is 240. The lowest BCUT2D eigenvalue weighted by Gasteiger charge is -2.16. The lowest BCUT2D eigenvalue weighted by atomic mass is 10.3. The Balaban J connectivity index is 2.63. The van der Waals surface area contributed by atoms with Gasteiger partial charge < -0.3 is 9.64 Å². The first-order valence-electron chi connectivity index (χ1n) is 3.63. The van der Waals surface area contributed by atoms with E-state index >= 15 is 0 Å². The average Bonchev–Trinajstić information content (AvgIpc) is 2.32. The molecule has 66 valence electrons. The van der Waals surface area contributed by atoms with Crippen molar-refractivity contribution in [3.05, 3.63) is 0 Å². The maximum atomic E-state index is 11.2. The molecule has 0 spiro atoms. The molecular weight excluding hydrogens is 176 g/mol. The molecular formula is C7H10N2O2S. The molecule has 0 N–H and O–H groups in total. The van der Waals surface area contributed by atoms with Gasteiger partial charge in [0.2, 0.25) is 0 Å². The molecule has 1 aliphatic heterocycles. The Morgan fingerprint density at radius 2 is 2.58 bits per heavy atom. The van der Waals surface area contributed by atoms with Crippen molar-refractivity contribution in [1.82, 2.24) is 4.90 Å². The molecule has 4 nitrogen and oxygen atoms in total. The summed E-state index contributed by atoms with van der Waals surface area (Å²) in [7, 11) is 1.74. The maximum absolute atomic E-state index is 11.2. The number of hydrogen-bond donors (Lipinski definition) is 0. The minimum absolute atomic E-state index is 0.331. The smallest absolute Gasteiger partial charge is 0.336 e. The quantitative estimate of drug-likeness (QED) is 0.457. The Hall–Kier alpha value is -0.970. The van der Waals surface area contributed by atoms with Crippen molar-refractivity contribution >= 4 is 29.5 Å². The van der Waals surface area contributed by atoms with Gasteiger partial charge in [0, 0.05) is 7.05 Å². The first kappa shape index (κ1) is 9.12. The number of rotatable bonds is 2. The second kappa shape index (κ2) is 3.62. The van der Waals surface area contributed by atoms with E-state index in [9.17, 15) is 4.79 Å². The summed E-state index contributed by atoms with van der Waals surface area (Å²) < 4.78 is 4.82. The van der Waals surface area contributed by atoms with Gasteiger partial charge in [-0.25, -0.2) is 9.79 Å². The number of nitrogens with zero attached hydrogens (tertiary/aromatic N) is 2. The summed E-state index contributed by atoms with van der Waals surface area (Å²) in [5.41, 5.74) is 0.